The number of likely N-dealkylation sites (tertiary alicyclic amines) is 1. The molecule has 2 aromatic carbocycles. The van der Waals surface area contributed by atoms with E-state index >= 15 is 0 Å². The van der Waals surface area contributed by atoms with Gasteiger partial charge in [0.15, 0.2) is 17.0 Å². The average Bonchev–Trinajstić information content (AvgIpc) is 1.63. The number of hydrogen-bond donors (Lipinski definition) is 6. The van der Waals surface area contributed by atoms with E-state index in [1.54, 1.807) is 25.0 Å². The number of ketones is 2. The molecule has 11 rings (SSSR count). The van der Waals surface area contributed by atoms with Crippen LogP contribution >= 0.6 is 0 Å². The van der Waals surface area contributed by atoms with Gasteiger partial charge in [0.05, 0.1) is 115 Å². The predicted molar refractivity (Wildman–Crippen MR) is 466 cm³/mol. The van der Waals surface area contributed by atoms with Crippen molar-refractivity contribution in [3.8, 4) is 11.3 Å². The number of aliphatic hydroxyl groups is 2. The van der Waals surface area contributed by atoms with Crippen LogP contribution in [-0.4, -0.2) is 271 Å². The summed E-state index contributed by atoms with van der Waals surface area (Å²) in [6, 6.07) is 10.9. The second-order valence-electron chi connectivity index (χ2n) is 34.3. The Bertz CT molecular complexity index is 4510. The molecule has 2 bridgehead atoms. The van der Waals surface area contributed by atoms with Crippen LogP contribution < -0.4 is 22.5 Å². The van der Waals surface area contributed by atoms with E-state index in [-0.39, 0.29) is 112 Å². The van der Waals surface area contributed by atoms with Crippen molar-refractivity contribution in [2.75, 3.05) is 138 Å². The van der Waals surface area contributed by atoms with E-state index in [1.165, 1.54) is 23.9 Å². The first-order valence-electron chi connectivity index (χ1n) is 44.7. The Morgan fingerprint density at radius 2 is 1.40 bits per heavy atom. The van der Waals surface area contributed by atoms with E-state index in [2.05, 4.69) is 38.5 Å². The van der Waals surface area contributed by atoms with Gasteiger partial charge in [-0.05, 0) is 187 Å². The van der Waals surface area contributed by atoms with Gasteiger partial charge in [-0.25, -0.2) is 24.2 Å². The number of carbonyl (C=O) groups excluding carboxylic acids is 7. The molecule has 125 heavy (non-hydrogen) atoms. The zero-order valence-electron chi connectivity index (χ0n) is 73.9. The van der Waals surface area contributed by atoms with Gasteiger partial charge in [-0.2, -0.15) is 10.1 Å². The number of oxazole rings is 1. The minimum absolute atomic E-state index is 0.0339. The Kier molecular flexibility index (Phi) is 36.9. The smallest absolute Gasteiger partial charge is 0.410 e. The summed E-state index contributed by atoms with van der Waals surface area (Å²) in [6.07, 6.45) is 18.1. The lowest BCUT2D eigenvalue weighted by atomic mass is 9.83. The molecule has 0 radical (unpaired) electrons. The van der Waals surface area contributed by atoms with E-state index in [0.717, 1.165) is 41.5 Å². The Balaban J connectivity index is 0.518. The Morgan fingerprint density at radius 3 is 2.10 bits per heavy atom. The standard InChI is InChI=1S/C92H132N12O21/c1-60-14-9-8-10-15-62(3)76(114-6)56-72-16-13-32-92(113,125-72)83(108)86(109)103-36-12-11-17-74(103)87(110)122-70(25-18-61(2)53-64(5)81(107)82(115-7)80(106)63(4)52-60)26-20-65-21-27-71(28-22-65)123-90(112)101-38-33-91(95,34-39-101)88(111)96-35-41-117-43-45-119-47-49-121-51-50-120-48-46-118-44-42-116-40-31-77(105)102-37-30-67-54-66(19-23-69(67)58-102)57-104-85-78(84(93)97-59-98-85)79(100-104)68-24-29-75-73(55-68)99-89(94)124-75/h8-10,14-15,19,23-24,29,53-55,59-61,63,65,70-72,74,76,81-82,107,113H,11-13,16-18,20-22,25-28,30-52,56-58,95H2,1-7H3,(H2,94,99)(H,96,111)(H2,93,97,98)/b10-8+,14-9+,62-15+,64-53+/t60-,61+,63-,65-,70+,71-,72?,74+,76+,81-,82+,92-/m1/s1. The largest absolute Gasteiger partial charge is 0.461 e. The number of hydrogen-bond acceptors (Lipinski definition) is 28. The fraction of sp³-hybridized carbons (Fsp3) is 0.641. The fourth-order valence-electron chi connectivity index (χ4n) is 17.6. The number of methoxy groups -OCH3 is 2. The van der Waals surface area contributed by atoms with Crippen molar-refractivity contribution in [2.45, 2.75) is 230 Å². The number of nitrogens with two attached hydrogens (primary N) is 3. The maximum atomic E-state index is 14.5. The second-order valence-corrected chi connectivity index (χ2v) is 34.3. The summed E-state index contributed by atoms with van der Waals surface area (Å²) in [5.41, 5.74) is 25.6. The summed E-state index contributed by atoms with van der Waals surface area (Å²) in [5, 5.41) is 31.9. The number of esters is 1. The van der Waals surface area contributed by atoms with E-state index in [0.29, 0.717) is 209 Å². The topological polar surface area (TPSA) is 431 Å². The maximum absolute atomic E-state index is 14.5. The molecule has 33 nitrogen and oxygen atoms in total. The molecule has 3 aromatic heterocycles. The third kappa shape index (κ3) is 27.5. The molecule has 1 unspecified atom stereocenters. The summed E-state index contributed by atoms with van der Waals surface area (Å²) in [4.78, 5) is 115. The molecule has 686 valence electrons. The van der Waals surface area contributed by atoms with Crippen LogP contribution in [0.3, 0.4) is 0 Å². The van der Waals surface area contributed by atoms with E-state index in [9.17, 15) is 43.8 Å². The number of allylic oxidation sites excluding steroid dienone is 6. The van der Waals surface area contributed by atoms with Gasteiger partial charge < -0.3 is 104 Å². The molecule has 5 aromatic rings. The maximum Gasteiger partial charge on any atom is 0.410 e. The van der Waals surface area contributed by atoms with Crippen LogP contribution in [0.1, 0.15) is 173 Å². The lowest BCUT2D eigenvalue weighted by molar-refractivity contribution is -0.245. The molecule has 1 saturated carbocycles. The van der Waals surface area contributed by atoms with Gasteiger partial charge in [0.1, 0.15) is 53.8 Å². The Labute approximate surface area is 732 Å². The molecule has 1 aliphatic carbocycles. The van der Waals surface area contributed by atoms with E-state index < -0.39 is 77.6 Å². The molecule has 3 saturated heterocycles. The number of nitrogens with one attached hydrogen (secondary N) is 1. The first kappa shape index (κ1) is 96.7. The van der Waals surface area contributed by atoms with Gasteiger partial charge in [-0.3, -0.25) is 24.0 Å². The zero-order chi connectivity index (χ0) is 89.0. The van der Waals surface area contributed by atoms with E-state index in [4.69, 9.17) is 78.8 Å². The molecule has 9 N–H and O–H groups in total. The highest BCUT2D eigenvalue weighted by molar-refractivity contribution is 6.39. The first-order chi connectivity index (χ1) is 60.3. The highest BCUT2D eigenvalue weighted by atomic mass is 16.6. The summed E-state index contributed by atoms with van der Waals surface area (Å²) < 4.78 is 71.4. The number of piperidine rings is 2. The first-order valence-corrected chi connectivity index (χ1v) is 44.7. The van der Waals surface area contributed by atoms with Gasteiger partial charge >= 0.3 is 12.1 Å². The Morgan fingerprint density at radius 1 is 0.696 bits per heavy atom. The quantitative estimate of drug-likeness (QED) is 0.0104. The summed E-state index contributed by atoms with van der Waals surface area (Å²) in [6.45, 7) is 16.3. The molecule has 33 heteroatoms. The lowest BCUT2D eigenvalue weighted by Crippen LogP contribution is -2.60. The van der Waals surface area contributed by atoms with Gasteiger partial charge in [-0.15, -0.1) is 0 Å². The number of benzene rings is 2. The summed E-state index contributed by atoms with van der Waals surface area (Å²) in [7, 11) is 3.01. The molecule has 10 atom stereocenters. The monoisotopic (exact) mass is 1740 g/mol. The number of Topliss-reactive ketones (excluding diaryl/α,β-unsaturated/α-hetero) is 2. The normalized spacial score (nSPS) is 26.9. The van der Waals surface area contributed by atoms with Crippen molar-refractivity contribution >= 4 is 75.3 Å². The number of amides is 4. The number of anilines is 2. The van der Waals surface area contributed by atoms with Crippen LogP contribution in [0.15, 0.2) is 94.7 Å². The molecule has 4 amide bonds. The third-order valence-corrected chi connectivity index (χ3v) is 24.9. The highest BCUT2D eigenvalue weighted by Crippen LogP contribution is 2.38. The molecule has 8 heterocycles. The van der Waals surface area contributed by atoms with Crippen LogP contribution in [0.4, 0.5) is 16.6 Å². The van der Waals surface area contributed by atoms with Gasteiger partial charge in [-0.1, -0.05) is 75.4 Å². The van der Waals surface area contributed by atoms with Crippen LogP contribution in [0.5, 0.6) is 0 Å². The van der Waals surface area contributed by atoms with Crippen LogP contribution in [0.2, 0.25) is 0 Å². The number of cyclic esters (lactones) is 1. The van der Waals surface area contributed by atoms with Gasteiger partial charge in [0.2, 0.25) is 17.6 Å². The number of aromatic nitrogens is 5. The van der Waals surface area contributed by atoms with Gasteiger partial charge in [0.25, 0.3) is 17.7 Å². The van der Waals surface area contributed by atoms with Crippen molar-refractivity contribution in [1.82, 2.24) is 44.7 Å². The lowest BCUT2D eigenvalue weighted by Gasteiger charge is -2.39. The van der Waals surface area contributed by atoms with Crippen molar-refractivity contribution in [3.05, 3.63) is 107 Å². The average molecular weight is 1740 g/mol. The SMILES string of the molecule is CO[C@H]1CC2CCC[C@@](O)(O2)C(=O)C(=O)N2CCCC[C@H]2C(=O)O[C@H](CC[C@H]2CC[C@H](OC(=O)N3CCC(N)(C(=O)NCCOCCOCCOCCOCCOCCOCCC(=O)N4CCc5cc(Cn6nc(-c7ccc8oc(N)nc8c7)c7c(N)ncnc76)ccc5C4)CC3)CC2)CC[C@H](C)/C=C(\C)[C@@H](O)[C@@H](OC)C(=O)[C@H](C)C[C@H](C)/C=C/C=C/C=C/1C. The van der Waals surface area contributed by atoms with Crippen LogP contribution in [-0.2, 0) is 100 Å². The van der Waals surface area contributed by atoms with Crippen molar-refractivity contribution in [1.29, 1.82) is 0 Å². The van der Waals surface area contributed by atoms with Crippen molar-refractivity contribution in [3.63, 3.8) is 0 Å². The highest BCUT2D eigenvalue weighted by Gasteiger charge is 2.50. The van der Waals surface area contributed by atoms with Gasteiger partial charge in [0, 0.05) is 77.8 Å². The fourth-order valence-corrected chi connectivity index (χ4v) is 17.6. The van der Waals surface area contributed by atoms with Crippen molar-refractivity contribution in [2.24, 2.45) is 29.4 Å². The number of nitrogen functional groups attached to an aromatic ring is 2. The molecule has 6 aliphatic rings. The molecule has 0 spiro atoms. The zero-order valence-corrected chi connectivity index (χ0v) is 73.9. The molecular weight excluding hydrogens is 1610 g/mol. The Hall–Kier alpha value is -8.97. The molecule has 5 aliphatic heterocycles. The molecule has 4 fully saturated rings. The van der Waals surface area contributed by atoms with Crippen molar-refractivity contribution < 1.29 is 100 Å². The summed E-state index contributed by atoms with van der Waals surface area (Å²) in [5.74, 6) is -5.52. The van der Waals surface area contributed by atoms with E-state index in [1.807, 2.05) is 85.9 Å². The minimum Gasteiger partial charge on any atom is -0.461 e. The second kappa shape index (κ2) is 47.7. The number of nitrogens with zero attached hydrogens (tertiary/aromatic N) is 8. The number of fused-ring (bicyclic) bond motifs is 6. The number of rotatable bonds is 31. The predicted octanol–water partition coefficient (Wildman–Crippen LogP) is 9.17. The number of ether oxygens (including phenoxy) is 11. The number of carbonyl (C=O) groups is 7. The summed E-state index contributed by atoms with van der Waals surface area (Å²) >= 11 is 0. The van der Waals surface area contributed by atoms with Crippen LogP contribution in [0.25, 0.3) is 33.4 Å². The third-order valence-electron chi connectivity index (χ3n) is 24.9. The minimum atomic E-state index is -2.39. The van der Waals surface area contributed by atoms with Crippen LogP contribution in [0, 0.1) is 23.7 Å². The molecular formula is C92H132N12O21. The number of aliphatic hydroxyl groups excluding tert-OH is 1.